The molecule has 0 unspecified atom stereocenters. The number of carbonyl (C=O) groups is 1. The first-order valence-electron chi connectivity index (χ1n) is 8.47. The largest absolute Gasteiger partial charge is 0.495 e. The summed E-state index contributed by atoms with van der Waals surface area (Å²) in [4.78, 5) is 14.8. The molecule has 6 nitrogen and oxygen atoms in total. The average Bonchev–Trinajstić information content (AvgIpc) is 2.66. The average molecular weight is 409 g/mol. The van der Waals surface area contributed by atoms with Crippen LogP contribution in [0.3, 0.4) is 0 Å². The van der Waals surface area contributed by atoms with Gasteiger partial charge in [0.25, 0.3) is 5.91 Å². The number of nitrogens with zero attached hydrogens (tertiary/aromatic N) is 2. The number of benzene rings is 2. The first kappa shape index (κ1) is 19.7. The molecule has 1 aliphatic heterocycles. The molecular formula is C19H21ClN2O4S. The highest BCUT2D eigenvalue weighted by molar-refractivity contribution is 7.89. The van der Waals surface area contributed by atoms with E-state index in [1.165, 1.54) is 26.2 Å². The molecule has 3 rings (SSSR count). The number of anilines is 1. The first-order valence-corrected chi connectivity index (χ1v) is 10.3. The first-order chi connectivity index (χ1) is 12.8. The second kappa shape index (κ2) is 7.50. The maximum atomic E-state index is 13.2. The molecule has 27 heavy (non-hydrogen) atoms. The standard InChI is InChI=1S/C19H21ClN2O4S/c1-21(2)27(24,25)17-12-14(9-10-15(17)20)19(23)22-11-5-7-13-6-4-8-16(26-3)18(13)22/h4,6,8-10,12H,5,7,11H2,1-3H3. The monoisotopic (exact) mass is 408 g/mol. The number of ether oxygens (including phenoxy) is 1. The zero-order chi connectivity index (χ0) is 19.8. The van der Waals surface area contributed by atoms with Crippen molar-refractivity contribution in [3.05, 3.63) is 52.5 Å². The van der Waals surface area contributed by atoms with Crippen LogP contribution < -0.4 is 9.64 Å². The lowest BCUT2D eigenvalue weighted by Crippen LogP contribution is -2.36. The smallest absolute Gasteiger partial charge is 0.258 e. The Balaban J connectivity index is 2.07. The Morgan fingerprint density at radius 1 is 1.22 bits per heavy atom. The summed E-state index contributed by atoms with van der Waals surface area (Å²) < 4.78 is 31.5. The molecule has 0 radical (unpaired) electrons. The number of hydrogen-bond acceptors (Lipinski definition) is 4. The zero-order valence-corrected chi connectivity index (χ0v) is 17.0. The number of methoxy groups -OCH3 is 1. The Bertz CT molecular complexity index is 975. The Morgan fingerprint density at radius 2 is 1.96 bits per heavy atom. The van der Waals surface area contributed by atoms with Crippen LogP contribution in [0.2, 0.25) is 5.02 Å². The van der Waals surface area contributed by atoms with Crippen LogP contribution in [0.15, 0.2) is 41.3 Å². The lowest BCUT2D eigenvalue weighted by Gasteiger charge is -2.31. The Labute approximate surface area is 164 Å². The minimum atomic E-state index is -3.76. The lowest BCUT2D eigenvalue weighted by atomic mass is 10.00. The summed E-state index contributed by atoms with van der Waals surface area (Å²) in [6.45, 7) is 0.532. The van der Waals surface area contributed by atoms with Crippen LogP contribution in [-0.2, 0) is 16.4 Å². The number of amides is 1. The number of para-hydroxylation sites is 1. The summed E-state index contributed by atoms with van der Waals surface area (Å²) in [5, 5.41) is 0.0804. The van der Waals surface area contributed by atoms with Crippen LogP contribution >= 0.6 is 11.6 Å². The predicted molar refractivity (Wildman–Crippen MR) is 105 cm³/mol. The molecule has 1 amide bonds. The Hall–Kier alpha value is -2.09. The quantitative estimate of drug-likeness (QED) is 0.779. The zero-order valence-electron chi connectivity index (χ0n) is 15.4. The second-order valence-electron chi connectivity index (χ2n) is 6.46. The molecule has 0 saturated heterocycles. The van der Waals surface area contributed by atoms with Crippen molar-refractivity contribution in [1.82, 2.24) is 4.31 Å². The molecule has 0 aromatic heterocycles. The van der Waals surface area contributed by atoms with Gasteiger partial charge in [-0.15, -0.1) is 0 Å². The van der Waals surface area contributed by atoms with Gasteiger partial charge in [0.05, 0.1) is 17.8 Å². The van der Waals surface area contributed by atoms with Gasteiger partial charge in [0.2, 0.25) is 10.0 Å². The van der Waals surface area contributed by atoms with Gasteiger partial charge in [-0.1, -0.05) is 23.7 Å². The maximum Gasteiger partial charge on any atom is 0.258 e. The molecule has 0 N–H and O–H groups in total. The molecule has 0 spiro atoms. The summed E-state index contributed by atoms with van der Waals surface area (Å²) in [5.41, 5.74) is 2.03. The van der Waals surface area contributed by atoms with Crippen molar-refractivity contribution in [1.29, 1.82) is 0 Å². The van der Waals surface area contributed by atoms with Crippen molar-refractivity contribution in [3.63, 3.8) is 0 Å². The van der Waals surface area contributed by atoms with Gasteiger partial charge in [-0.05, 0) is 42.7 Å². The van der Waals surface area contributed by atoms with E-state index in [-0.39, 0.29) is 21.4 Å². The van der Waals surface area contributed by atoms with Crippen molar-refractivity contribution >= 4 is 33.2 Å². The fraction of sp³-hybridized carbons (Fsp3) is 0.316. The van der Waals surface area contributed by atoms with E-state index in [0.717, 1.165) is 28.4 Å². The molecular weight excluding hydrogens is 388 g/mol. The van der Waals surface area contributed by atoms with Gasteiger partial charge in [0, 0.05) is 26.2 Å². The van der Waals surface area contributed by atoms with Crippen molar-refractivity contribution in [3.8, 4) is 5.75 Å². The number of rotatable bonds is 4. The van der Waals surface area contributed by atoms with Gasteiger partial charge in [-0.2, -0.15) is 0 Å². The third-order valence-corrected chi connectivity index (χ3v) is 6.88. The van der Waals surface area contributed by atoms with Gasteiger partial charge in [0.1, 0.15) is 10.6 Å². The Morgan fingerprint density at radius 3 is 2.63 bits per heavy atom. The number of sulfonamides is 1. The molecule has 0 fully saturated rings. The molecule has 2 aromatic carbocycles. The van der Waals surface area contributed by atoms with Crippen LogP contribution in [0.1, 0.15) is 22.3 Å². The minimum absolute atomic E-state index is 0.0804. The third-order valence-electron chi connectivity index (χ3n) is 4.58. The Kier molecular flexibility index (Phi) is 5.46. The van der Waals surface area contributed by atoms with E-state index in [0.29, 0.717) is 12.3 Å². The van der Waals surface area contributed by atoms with E-state index in [9.17, 15) is 13.2 Å². The van der Waals surface area contributed by atoms with Gasteiger partial charge in [-0.25, -0.2) is 12.7 Å². The molecule has 1 heterocycles. The van der Waals surface area contributed by atoms with Crippen LogP contribution in [0.25, 0.3) is 0 Å². The topological polar surface area (TPSA) is 66.9 Å². The van der Waals surface area contributed by atoms with E-state index in [1.807, 2.05) is 18.2 Å². The van der Waals surface area contributed by atoms with Crippen LogP contribution in [0.5, 0.6) is 5.75 Å². The van der Waals surface area contributed by atoms with E-state index in [2.05, 4.69) is 0 Å². The normalized spacial score (nSPS) is 14.2. The molecule has 144 valence electrons. The molecule has 0 atom stereocenters. The van der Waals surface area contributed by atoms with Gasteiger partial charge < -0.3 is 9.64 Å². The number of halogens is 1. The van der Waals surface area contributed by atoms with E-state index in [1.54, 1.807) is 18.1 Å². The van der Waals surface area contributed by atoms with Gasteiger partial charge in [0.15, 0.2) is 0 Å². The summed E-state index contributed by atoms with van der Waals surface area (Å²) in [7, 11) is 0.650. The van der Waals surface area contributed by atoms with Gasteiger partial charge >= 0.3 is 0 Å². The molecule has 0 saturated carbocycles. The lowest BCUT2D eigenvalue weighted by molar-refractivity contribution is 0.0984. The predicted octanol–water partition coefficient (Wildman–Crippen LogP) is 3.19. The fourth-order valence-electron chi connectivity index (χ4n) is 3.17. The summed E-state index contributed by atoms with van der Waals surface area (Å²) >= 11 is 6.09. The molecule has 8 heteroatoms. The van der Waals surface area contributed by atoms with Crippen molar-refractivity contribution in [2.45, 2.75) is 17.7 Å². The SMILES string of the molecule is COc1cccc2c1N(C(=O)c1ccc(Cl)c(S(=O)(=O)N(C)C)c1)CCC2. The minimum Gasteiger partial charge on any atom is -0.495 e. The number of aryl methyl sites for hydroxylation is 1. The number of carbonyl (C=O) groups excluding carboxylic acids is 1. The van der Waals surface area contributed by atoms with E-state index in [4.69, 9.17) is 16.3 Å². The van der Waals surface area contributed by atoms with Crippen molar-refractivity contribution in [2.75, 3.05) is 32.6 Å². The maximum absolute atomic E-state index is 13.2. The summed E-state index contributed by atoms with van der Waals surface area (Å²) in [6.07, 6.45) is 1.68. The van der Waals surface area contributed by atoms with Crippen LogP contribution in [0.4, 0.5) is 5.69 Å². The van der Waals surface area contributed by atoms with Crippen molar-refractivity contribution < 1.29 is 17.9 Å². The molecule has 2 aromatic rings. The van der Waals surface area contributed by atoms with Crippen molar-refractivity contribution in [2.24, 2.45) is 0 Å². The highest BCUT2D eigenvalue weighted by Crippen LogP contribution is 2.37. The van der Waals surface area contributed by atoms with Crippen LogP contribution in [-0.4, -0.2) is 46.4 Å². The molecule has 1 aliphatic rings. The molecule has 0 aliphatic carbocycles. The summed E-state index contributed by atoms with van der Waals surface area (Å²) in [6, 6.07) is 10.0. The highest BCUT2D eigenvalue weighted by atomic mass is 35.5. The van der Waals surface area contributed by atoms with Gasteiger partial charge in [-0.3, -0.25) is 4.79 Å². The number of fused-ring (bicyclic) bond motifs is 1. The highest BCUT2D eigenvalue weighted by Gasteiger charge is 2.29. The summed E-state index contributed by atoms with van der Waals surface area (Å²) in [5.74, 6) is 0.336. The third kappa shape index (κ3) is 3.54. The second-order valence-corrected chi connectivity index (χ2v) is 8.99. The van der Waals surface area contributed by atoms with E-state index >= 15 is 0 Å². The van der Waals surface area contributed by atoms with E-state index < -0.39 is 10.0 Å². The molecule has 0 bridgehead atoms. The van der Waals surface area contributed by atoms with Crippen LogP contribution in [0, 0.1) is 0 Å². The number of hydrogen-bond donors (Lipinski definition) is 0. The fourth-order valence-corrected chi connectivity index (χ4v) is 4.56.